The van der Waals surface area contributed by atoms with Crippen LogP contribution in [0.2, 0.25) is 0 Å². The summed E-state index contributed by atoms with van der Waals surface area (Å²) in [5, 5.41) is 2.12. The predicted octanol–water partition coefficient (Wildman–Crippen LogP) is 5.83. The Morgan fingerprint density at radius 3 is 2.24 bits per heavy atom. The second kappa shape index (κ2) is 4.92. The van der Waals surface area contributed by atoms with Crippen molar-refractivity contribution in [1.82, 2.24) is 0 Å². The fraction of sp³-hybridized carbons (Fsp3) is 0.111. The molecule has 106 valence electrons. The summed E-state index contributed by atoms with van der Waals surface area (Å²) < 4.78 is 38.5. The van der Waals surface area contributed by atoms with Crippen molar-refractivity contribution < 1.29 is 13.2 Å². The molecule has 0 saturated heterocycles. The van der Waals surface area contributed by atoms with Gasteiger partial charge in [-0.05, 0) is 40.5 Å². The van der Waals surface area contributed by atoms with E-state index in [2.05, 4.69) is 0 Å². The molecule has 3 aromatic carbocycles. The summed E-state index contributed by atoms with van der Waals surface area (Å²) in [5.74, 6) is 0. The zero-order chi connectivity index (χ0) is 15.0. The lowest BCUT2D eigenvalue weighted by atomic mass is 9.95. The first-order chi connectivity index (χ1) is 9.97. The highest BCUT2D eigenvalue weighted by Gasteiger charge is 2.32. The van der Waals surface area contributed by atoms with Crippen LogP contribution in [0.3, 0.4) is 0 Å². The van der Waals surface area contributed by atoms with Crippen LogP contribution in [0.25, 0.3) is 21.9 Å². The molecule has 3 aromatic rings. The molecule has 0 heterocycles. The molecule has 0 saturated carbocycles. The molecule has 0 aliphatic carbocycles. The van der Waals surface area contributed by atoms with Gasteiger partial charge in [-0.3, -0.25) is 0 Å². The van der Waals surface area contributed by atoms with Gasteiger partial charge < -0.3 is 0 Å². The van der Waals surface area contributed by atoms with Crippen LogP contribution >= 0.6 is 0 Å². The minimum atomic E-state index is -4.30. The van der Waals surface area contributed by atoms with Gasteiger partial charge in [0.25, 0.3) is 0 Å². The molecule has 0 N–H and O–H groups in total. The van der Waals surface area contributed by atoms with Crippen molar-refractivity contribution in [2.75, 3.05) is 0 Å². The third kappa shape index (κ3) is 2.51. The molecule has 21 heavy (non-hydrogen) atoms. The Labute approximate surface area is 120 Å². The highest BCUT2D eigenvalue weighted by Crippen LogP contribution is 2.35. The number of rotatable bonds is 1. The van der Waals surface area contributed by atoms with Gasteiger partial charge in [-0.25, -0.2) is 0 Å². The van der Waals surface area contributed by atoms with Crippen molar-refractivity contribution in [3.63, 3.8) is 0 Å². The number of alkyl halides is 3. The van der Waals surface area contributed by atoms with E-state index in [4.69, 9.17) is 0 Å². The number of benzene rings is 3. The van der Waals surface area contributed by atoms with E-state index in [1.165, 1.54) is 13.0 Å². The van der Waals surface area contributed by atoms with Gasteiger partial charge in [0.1, 0.15) is 0 Å². The van der Waals surface area contributed by atoms with Crippen LogP contribution in [0.4, 0.5) is 13.2 Å². The van der Waals surface area contributed by atoms with Gasteiger partial charge in [-0.1, -0.05) is 54.6 Å². The first-order valence-electron chi connectivity index (χ1n) is 6.63. The zero-order valence-corrected chi connectivity index (χ0v) is 11.4. The van der Waals surface area contributed by atoms with Gasteiger partial charge in [0.05, 0.1) is 5.56 Å². The summed E-state index contributed by atoms with van der Waals surface area (Å²) >= 11 is 0. The van der Waals surface area contributed by atoms with Crippen LogP contribution in [0.5, 0.6) is 0 Å². The summed E-state index contributed by atoms with van der Waals surface area (Å²) in [4.78, 5) is 0. The first-order valence-corrected chi connectivity index (χ1v) is 6.63. The van der Waals surface area contributed by atoms with E-state index in [0.29, 0.717) is 0 Å². The van der Waals surface area contributed by atoms with E-state index in [1.54, 1.807) is 6.07 Å². The maximum absolute atomic E-state index is 12.8. The molecule has 3 rings (SSSR count). The summed E-state index contributed by atoms with van der Waals surface area (Å²) in [6, 6.07) is 18.0. The van der Waals surface area contributed by atoms with Crippen LogP contribution in [0, 0.1) is 6.92 Å². The lowest BCUT2D eigenvalue weighted by Gasteiger charge is -2.13. The molecule has 0 bridgehead atoms. The third-order valence-electron chi connectivity index (χ3n) is 3.63. The molecule has 0 aliphatic heterocycles. The average Bonchev–Trinajstić information content (AvgIpc) is 2.45. The second-order valence-electron chi connectivity index (χ2n) is 5.05. The Kier molecular flexibility index (Phi) is 3.20. The number of hydrogen-bond acceptors (Lipinski definition) is 0. The summed E-state index contributed by atoms with van der Waals surface area (Å²) in [7, 11) is 0. The van der Waals surface area contributed by atoms with Gasteiger partial charge in [0.15, 0.2) is 0 Å². The van der Waals surface area contributed by atoms with Crippen LogP contribution in [-0.4, -0.2) is 0 Å². The normalized spacial score (nSPS) is 11.8. The van der Waals surface area contributed by atoms with Crippen molar-refractivity contribution in [3.05, 3.63) is 71.8 Å². The second-order valence-corrected chi connectivity index (χ2v) is 5.05. The van der Waals surface area contributed by atoms with Crippen LogP contribution in [0.15, 0.2) is 60.7 Å². The number of fused-ring (bicyclic) bond motifs is 1. The maximum atomic E-state index is 12.8. The van der Waals surface area contributed by atoms with Gasteiger partial charge in [0.2, 0.25) is 0 Å². The predicted molar refractivity (Wildman–Crippen MR) is 79.1 cm³/mol. The number of halogens is 3. The Bertz CT molecular complexity index is 796. The van der Waals surface area contributed by atoms with E-state index in [1.807, 2.05) is 42.5 Å². The van der Waals surface area contributed by atoms with Gasteiger partial charge in [0, 0.05) is 0 Å². The third-order valence-corrected chi connectivity index (χ3v) is 3.63. The van der Waals surface area contributed by atoms with E-state index in [9.17, 15) is 13.2 Å². The maximum Gasteiger partial charge on any atom is 0.416 e. The highest BCUT2D eigenvalue weighted by atomic mass is 19.4. The molecule has 0 fully saturated rings. The topological polar surface area (TPSA) is 0 Å². The van der Waals surface area contributed by atoms with Crippen LogP contribution in [0.1, 0.15) is 11.1 Å². The lowest BCUT2D eigenvalue weighted by molar-refractivity contribution is -0.138. The van der Waals surface area contributed by atoms with Crippen LogP contribution < -0.4 is 0 Å². The molecule has 0 aliphatic rings. The molecule has 0 radical (unpaired) electrons. The molecule has 0 atom stereocenters. The van der Waals surface area contributed by atoms with E-state index >= 15 is 0 Å². The van der Waals surface area contributed by atoms with Gasteiger partial charge >= 0.3 is 6.18 Å². The Balaban J connectivity index is 2.18. The molecule has 0 amide bonds. The molecule has 0 nitrogen and oxygen atoms in total. The first kappa shape index (κ1) is 13.7. The Hall–Kier alpha value is -2.29. The summed E-state index contributed by atoms with van der Waals surface area (Å²) in [5.41, 5.74) is 1.42. The van der Waals surface area contributed by atoms with E-state index in [0.717, 1.165) is 28.0 Å². The van der Waals surface area contributed by atoms with E-state index in [-0.39, 0.29) is 5.56 Å². The Morgan fingerprint density at radius 1 is 0.810 bits per heavy atom. The smallest absolute Gasteiger partial charge is 0.166 e. The highest BCUT2D eigenvalue weighted by molar-refractivity contribution is 5.96. The van der Waals surface area contributed by atoms with Gasteiger partial charge in [-0.2, -0.15) is 13.2 Å². The van der Waals surface area contributed by atoms with Gasteiger partial charge in [-0.15, -0.1) is 0 Å². The van der Waals surface area contributed by atoms with Crippen molar-refractivity contribution in [1.29, 1.82) is 0 Å². The standard InChI is InChI=1S/C18H13F3/c1-12-11-14(9-10-17(12)18(19,20)21)16-8-4-6-13-5-2-3-7-15(13)16/h2-11H,1H3. The average molecular weight is 286 g/mol. The Morgan fingerprint density at radius 2 is 1.52 bits per heavy atom. The largest absolute Gasteiger partial charge is 0.416 e. The van der Waals surface area contributed by atoms with Crippen LogP contribution in [-0.2, 0) is 6.18 Å². The molecule has 0 aromatic heterocycles. The SMILES string of the molecule is Cc1cc(-c2cccc3ccccc23)ccc1C(F)(F)F. The lowest BCUT2D eigenvalue weighted by Crippen LogP contribution is -2.07. The molecular formula is C18H13F3. The molecule has 0 spiro atoms. The number of aryl methyl sites for hydroxylation is 1. The minimum absolute atomic E-state index is 0.243. The van der Waals surface area contributed by atoms with Crippen molar-refractivity contribution in [2.24, 2.45) is 0 Å². The monoisotopic (exact) mass is 286 g/mol. The fourth-order valence-corrected chi connectivity index (χ4v) is 2.63. The summed E-state index contributed by atoms with van der Waals surface area (Å²) in [6.07, 6.45) is -4.30. The van der Waals surface area contributed by atoms with E-state index < -0.39 is 11.7 Å². The quantitative estimate of drug-likeness (QED) is 0.527. The van der Waals surface area contributed by atoms with Crippen molar-refractivity contribution in [2.45, 2.75) is 13.1 Å². The van der Waals surface area contributed by atoms with Crippen molar-refractivity contribution >= 4 is 10.8 Å². The summed E-state index contributed by atoms with van der Waals surface area (Å²) in [6.45, 7) is 1.50. The minimum Gasteiger partial charge on any atom is -0.166 e. The molecule has 3 heteroatoms. The zero-order valence-electron chi connectivity index (χ0n) is 11.4. The molecule has 0 unspecified atom stereocenters. The fourth-order valence-electron chi connectivity index (χ4n) is 2.63. The molecular weight excluding hydrogens is 273 g/mol. The van der Waals surface area contributed by atoms with Crippen molar-refractivity contribution in [3.8, 4) is 11.1 Å². The number of hydrogen-bond donors (Lipinski definition) is 0.